The average Bonchev–Trinajstić information content (AvgIpc) is 3.11. The molecule has 0 aromatic heterocycles. The number of hydrogen-bond donors (Lipinski definition) is 0. The lowest BCUT2D eigenvalue weighted by Crippen LogP contribution is -3.00. The Morgan fingerprint density at radius 2 is 0.300 bits per heavy atom. The van der Waals surface area contributed by atoms with Crippen molar-refractivity contribution in [3.8, 4) is 0 Å². The maximum Gasteiger partial charge on any atom is 0.0786 e. The van der Waals surface area contributed by atoms with Gasteiger partial charge in [0.25, 0.3) is 0 Å². The van der Waals surface area contributed by atoms with Gasteiger partial charge < -0.3 is 28.5 Å². The standard InChI is InChI=1S/C48H100N.HI/c1-5-9-13-17-21-25-26-27-28-29-30-31-32-36-40-44-48-49(45-41-37-33-22-18-14-10-6-2,46-42-38-34-23-19-15-11-7-3)47-43-39-35-24-20-16-12-8-4;/h5-48H2,1-4H3;1H/q+1;/p-1. The maximum atomic E-state index is 2.34. The van der Waals surface area contributed by atoms with E-state index >= 15 is 0 Å². The van der Waals surface area contributed by atoms with Gasteiger partial charge in [0, 0.05) is 0 Å². The first-order valence-corrected chi connectivity index (χ1v) is 24.1. The van der Waals surface area contributed by atoms with E-state index in [1.54, 1.807) is 0 Å². The molecule has 0 aliphatic carbocycles. The minimum absolute atomic E-state index is 0. The fraction of sp³-hybridized carbons (Fsp3) is 1.00. The Labute approximate surface area is 337 Å². The van der Waals surface area contributed by atoms with E-state index in [0.717, 1.165) is 0 Å². The monoisotopic (exact) mass is 818 g/mol. The molecule has 0 spiro atoms. The summed E-state index contributed by atoms with van der Waals surface area (Å²) in [6.45, 7) is 15.3. The smallest absolute Gasteiger partial charge is 0.0786 e. The zero-order valence-corrected chi connectivity index (χ0v) is 38.1. The predicted octanol–water partition coefficient (Wildman–Crippen LogP) is 14.5. The van der Waals surface area contributed by atoms with Gasteiger partial charge in [-0.2, -0.15) is 0 Å². The van der Waals surface area contributed by atoms with E-state index in [1.165, 1.54) is 287 Å². The molecule has 0 aliphatic heterocycles. The summed E-state index contributed by atoms with van der Waals surface area (Å²) in [6.07, 6.45) is 58.7. The van der Waals surface area contributed by atoms with E-state index in [1.807, 2.05) is 0 Å². The van der Waals surface area contributed by atoms with Crippen LogP contribution in [0.5, 0.6) is 0 Å². The summed E-state index contributed by atoms with van der Waals surface area (Å²) in [5.74, 6) is 0. The minimum atomic E-state index is 0. The second kappa shape index (κ2) is 45.8. The molecule has 0 heterocycles. The highest BCUT2D eigenvalue weighted by Gasteiger charge is 2.25. The van der Waals surface area contributed by atoms with Gasteiger partial charge >= 0.3 is 0 Å². The second-order valence-corrected chi connectivity index (χ2v) is 17.0. The Bertz CT molecular complexity index is 526. The van der Waals surface area contributed by atoms with Crippen molar-refractivity contribution < 1.29 is 28.5 Å². The number of quaternary nitrogens is 1. The van der Waals surface area contributed by atoms with E-state index in [9.17, 15) is 0 Å². The SMILES string of the molecule is CCCCCCCCCCCCCCCCCC[N+](CCCCCCCCCC)(CCCCCCCCCC)CCCCCCCCCC.[I-]. The molecule has 0 fully saturated rings. The molecule has 0 aromatic carbocycles. The van der Waals surface area contributed by atoms with Crippen LogP contribution >= 0.6 is 0 Å². The van der Waals surface area contributed by atoms with Crippen molar-refractivity contribution in [1.29, 1.82) is 0 Å². The largest absolute Gasteiger partial charge is 1.00 e. The normalized spacial score (nSPS) is 11.8. The Morgan fingerprint density at radius 3 is 0.440 bits per heavy atom. The van der Waals surface area contributed by atoms with Gasteiger partial charge in [-0.3, -0.25) is 0 Å². The first kappa shape index (κ1) is 52.8. The van der Waals surface area contributed by atoms with Crippen molar-refractivity contribution in [3.05, 3.63) is 0 Å². The Morgan fingerprint density at radius 1 is 0.180 bits per heavy atom. The average molecular weight is 818 g/mol. The van der Waals surface area contributed by atoms with Gasteiger partial charge in [0.15, 0.2) is 0 Å². The number of nitrogens with zero attached hydrogens (tertiary/aromatic N) is 1. The summed E-state index contributed by atoms with van der Waals surface area (Å²) >= 11 is 0. The minimum Gasteiger partial charge on any atom is -1.00 e. The van der Waals surface area contributed by atoms with Gasteiger partial charge in [-0.1, -0.05) is 233 Å². The number of unbranched alkanes of at least 4 members (excludes halogenated alkanes) is 36. The number of hydrogen-bond acceptors (Lipinski definition) is 0. The van der Waals surface area contributed by atoms with Crippen molar-refractivity contribution in [3.63, 3.8) is 0 Å². The Balaban J connectivity index is 0. The van der Waals surface area contributed by atoms with Crippen LogP contribution in [0.3, 0.4) is 0 Å². The van der Waals surface area contributed by atoms with Crippen LogP contribution in [-0.2, 0) is 0 Å². The summed E-state index contributed by atoms with van der Waals surface area (Å²) < 4.78 is 1.49. The number of rotatable bonds is 44. The number of halogens is 1. The highest BCUT2D eigenvalue weighted by atomic mass is 127. The molecule has 0 unspecified atom stereocenters. The molecule has 0 saturated heterocycles. The molecule has 0 amide bonds. The van der Waals surface area contributed by atoms with E-state index in [0.29, 0.717) is 0 Å². The summed E-state index contributed by atoms with van der Waals surface area (Å²) in [5.41, 5.74) is 0. The molecule has 0 radical (unpaired) electrons. The fourth-order valence-electron chi connectivity index (χ4n) is 8.41. The maximum absolute atomic E-state index is 2.34. The Hall–Kier alpha value is 0.690. The Kier molecular flexibility index (Phi) is 48.4. The van der Waals surface area contributed by atoms with Crippen LogP contribution in [0.4, 0.5) is 0 Å². The van der Waals surface area contributed by atoms with Gasteiger partial charge in [0.1, 0.15) is 0 Å². The van der Waals surface area contributed by atoms with Crippen LogP contribution in [0.25, 0.3) is 0 Å². The van der Waals surface area contributed by atoms with Gasteiger partial charge in [0.2, 0.25) is 0 Å². The molecular weight excluding hydrogens is 717 g/mol. The summed E-state index contributed by atoms with van der Waals surface area (Å²) in [4.78, 5) is 0. The molecule has 0 aromatic rings. The third kappa shape index (κ3) is 39.9. The van der Waals surface area contributed by atoms with Gasteiger partial charge in [-0.15, -0.1) is 0 Å². The van der Waals surface area contributed by atoms with E-state index < -0.39 is 0 Å². The molecule has 0 aliphatic rings. The van der Waals surface area contributed by atoms with Crippen molar-refractivity contribution in [2.75, 3.05) is 26.2 Å². The third-order valence-electron chi connectivity index (χ3n) is 11.9. The van der Waals surface area contributed by atoms with Crippen molar-refractivity contribution in [2.45, 2.75) is 285 Å². The van der Waals surface area contributed by atoms with E-state index in [4.69, 9.17) is 0 Å². The molecule has 0 bridgehead atoms. The van der Waals surface area contributed by atoms with Crippen molar-refractivity contribution in [1.82, 2.24) is 0 Å². The summed E-state index contributed by atoms with van der Waals surface area (Å²) in [5, 5.41) is 0. The lowest BCUT2D eigenvalue weighted by Gasteiger charge is -2.40. The van der Waals surface area contributed by atoms with Crippen LogP contribution in [0.15, 0.2) is 0 Å². The second-order valence-electron chi connectivity index (χ2n) is 17.0. The van der Waals surface area contributed by atoms with Crippen LogP contribution in [-0.4, -0.2) is 30.7 Å². The molecule has 50 heavy (non-hydrogen) atoms. The molecule has 0 saturated carbocycles. The summed E-state index contributed by atoms with van der Waals surface area (Å²) in [7, 11) is 0. The van der Waals surface area contributed by atoms with Gasteiger partial charge in [-0.05, 0) is 51.4 Å². The van der Waals surface area contributed by atoms with Crippen LogP contribution in [0.1, 0.15) is 285 Å². The molecule has 0 rings (SSSR count). The van der Waals surface area contributed by atoms with E-state index in [-0.39, 0.29) is 24.0 Å². The predicted molar refractivity (Wildman–Crippen MR) is 227 cm³/mol. The zero-order chi connectivity index (χ0) is 35.6. The molecule has 0 N–H and O–H groups in total. The van der Waals surface area contributed by atoms with Crippen LogP contribution in [0.2, 0.25) is 0 Å². The van der Waals surface area contributed by atoms with Gasteiger partial charge in [-0.25, -0.2) is 0 Å². The topological polar surface area (TPSA) is 0 Å². The fourth-order valence-corrected chi connectivity index (χ4v) is 8.41. The quantitative estimate of drug-likeness (QED) is 0.0326. The molecule has 2 heteroatoms. The van der Waals surface area contributed by atoms with Crippen molar-refractivity contribution >= 4 is 0 Å². The molecular formula is C48H100IN. The van der Waals surface area contributed by atoms with Crippen LogP contribution < -0.4 is 24.0 Å². The van der Waals surface area contributed by atoms with E-state index in [2.05, 4.69) is 27.7 Å². The lowest BCUT2D eigenvalue weighted by atomic mass is 10.0. The third-order valence-corrected chi connectivity index (χ3v) is 11.9. The van der Waals surface area contributed by atoms with Crippen LogP contribution in [0, 0.1) is 0 Å². The zero-order valence-electron chi connectivity index (χ0n) is 35.9. The first-order valence-electron chi connectivity index (χ1n) is 24.1. The lowest BCUT2D eigenvalue weighted by molar-refractivity contribution is -0.929. The van der Waals surface area contributed by atoms with Crippen molar-refractivity contribution in [2.24, 2.45) is 0 Å². The molecule has 304 valence electrons. The highest BCUT2D eigenvalue weighted by Crippen LogP contribution is 2.22. The first-order chi connectivity index (χ1) is 24.2. The molecule has 0 atom stereocenters. The molecule has 1 nitrogen and oxygen atoms in total. The van der Waals surface area contributed by atoms with Gasteiger partial charge in [0.05, 0.1) is 26.2 Å². The highest BCUT2D eigenvalue weighted by molar-refractivity contribution is 4.56. The summed E-state index contributed by atoms with van der Waals surface area (Å²) in [6, 6.07) is 0.